The van der Waals surface area contributed by atoms with E-state index >= 15 is 0 Å². The van der Waals surface area contributed by atoms with Crippen molar-refractivity contribution in [1.29, 1.82) is 0 Å². The smallest absolute Gasteiger partial charge is 0.199 e. The van der Waals surface area contributed by atoms with Crippen LogP contribution >= 0.6 is 23.4 Å². The number of rotatable bonds is 3. The van der Waals surface area contributed by atoms with Crippen LogP contribution in [0.15, 0.2) is 28.7 Å². The molecular weight excluding hydrogens is 266 g/mol. The van der Waals surface area contributed by atoms with Gasteiger partial charge in [-0.3, -0.25) is 0 Å². The minimum absolute atomic E-state index is 0.522. The van der Waals surface area contributed by atoms with E-state index in [0.717, 1.165) is 23.1 Å². The van der Waals surface area contributed by atoms with E-state index in [1.165, 1.54) is 24.3 Å². The first kappa shape index (κ1) is 12.4. The maximum absolute atomic E-state index is 6.17. The number of hydrogen-bond donors (Lipinski definition) is 1. The summed E-state index contributed by atoms with van der Waals surface area (Å²) in [7, 11) is 0. The summed E-state index contributed by atoms with van der Waals surface area (Å²) < 4.78 is 5.56. The second-order valence-corrected chi connectivity index (χ2v) is 6.19. The number of hydrogen-bond acceptors (Lipinski definition) is 3. The first-order valence-corrected chi connectivity index (χ1v) is 7.85. The van der Waals surface area contributed by atoms with Crippen molar-refractivity contribution in [2.75, 3.05) is 11.5 Å². The van der Waals surface area contributed by atoms with Crippen molar-refractivity contribution in [2.24, 2.45) is 0 Å². The summed E-state index contributed by atoms with van der Waals surface area (Å²) in [6.07, 6.45) is 2.50. The lowest BCUT2D eigenvalue weighted by Crippen LogP contribution is -2.32. The monoisotopic (exact) mass is 281 g/mol. The molecule has 0 amide bonds. The van der Waals surface area contributed by atoms with Crippen LogP contribution in [0, 0.1) is 0 Å². The molecule has 1 aromatic carbocycles. The molecule has 0 spiro atoms. The zero-order valence-corrected chi connectivity index (χ0v) is 11.7. The fourth-order valence-corrected chi connectivity index (χ4v) is 3.74. The molecule has 4 heteroatoms. The van der Waals surface area contributed by atoms with Crippen LogP contribution in [0.5, 0.6) is 0 Å². The molecule has 18 heavy (non-hydrogen) atoms. The Morgan fingerprint density at radius 2 is 2.06 bits per heavy atom. The summed E-state index contributed by atoms with van der Waals surface area (Å²) in [5.74, 6) is 2.52. The van der Waals surface area contributed by atoms with Gasteiger partial charge in [-0.2, -0.15) is 11.8 Å². The fraction of sp³-hybridized carbons (Fsp3) is 0.429. The Hall–Kier alpha value is -0.640. The SMILES string of the molecule is Clc1oc2ccccc2c1CNC1CCSCC1. The third-order valence-corrected chi connectivity index (χ3v) is 4.79. The first-order chi connectivity index (χ1) is 8.84. The lowest BCUT2D eigenvalue weighted by atomic mass is 10.1. The van der Waals surface area contributed by atoms with Gasteiger partial charge in [-0.1, -0.05) is 18.2 Å². The number of furan rings is 1. The summed E-state index contributed by atoms with van der Waals surface area (Å²) in [4.78, 5) is 0. The Morgan fingerprint density at radius 3 is 2.89 bits per heavy atom. The van der Waals surface area contributed by atoms with Gasteiger partial charge in [0.1, 0.15) is 5.58 Å². The summed E-state index contributed by atoms with van der Waals surface area (Å²) in [5, 5.41) is 5.25. The predicted molar refractivity (Wildman–Crippen MR) is 78.4 cm³/mol. The van der Waals surface area contributed by atoms with Crippen LogP contribution in [0.4, 0.5) is 0 Å². The van der Waals surface area contributed by atoms with Crippen LogP contribution in [0.25, 0.3) is 11.0 Å². The van der Waals surface area contributed by atoms with Crippen LogP contribution < -0.4 is 5.32 Å². The van der Waals surface area contributed by atoms with Gasteiger partial charge in [-0.05, 0) is 42.0 Å². The summed E-state index contributed by atoms with van der Waals surface area (Å²) in [6, 6.07) is 8.64. The predicted octanol–water partition coefficient (Wildman–Crippen LogP) is 4.07. The molecule has 0 saturated carbocycles. The van der Waals surface area contributed by atoms with Crippen LogP contribution in [0.2, 0.25) is 5.22 Å². The molecule has 96 valence electrons. The first-order valence-electron chi connectivity index (χ1n) is 6.31. The zero-order chi connectivity index (χ0) is 12.4. The normalized spacial score (nSPS) is 17.4. The van der Waals surface area contributed by atoms with Gasteiger partial charge >= 0.3 is 0 Å². The number of halogens is 1. The minimum Gasteiger partial charge on any atom is -0.444 e. The van der Waals surface area contributed by atoms with E-state index in [4.69, 9.17) is 16.0 Å². The third kappa shape index (κ3) is 2.53. The van der Waals surface area contributed by atoms with Crippen LogP contribution in [0.1, 0.15) is 18.4 Å². The van der Waals surface area contributed by atoms with Crippen molar-refractivity contribution in [1.82, 2.24) is 5.32 Å². The summed E-state index contributed by atoms with van der Waals surface area (Å²) >= 11 is 8.22. The van der Waals surface area contributed by atoms with Crippen molar-refractivity contribution in [2.45, 2.75) is 25.4 Å². The number of benzene rings is 1. The largest absolute Gasteiger partial charge is 0.444 e. The van der Waals surface area contributed by atoms with E-state index in [2.05, 4.69) is 11.4 Å². The maximum atomic E-state index is 6.17. The molecule has 2 aromatic rings. The lowest BCUT2D eigenvalue weighted by Gasteiger charge is -2.22. The molecule has 1 aliphatic rings. The van der Waals surface area contributed by atoms with Crippen molar-refractivity contribution in [3.05, 3.63) is 35.0 Å². The molecule has 0 aliphatic carbocycles. The average Bonchev–Trinajstić information content (AvgIpc) is 2.73. The Labute approximate surface area is 116 Å². The molecule has 0 radical (unpaired) electrons. The molecule has 3 rings (SSSR count). The standard InChI is InChI=1S/C14H16ClNOS/c15-14-12(9-16-10-5-7-18-8-6-10)11-3-1-2-4-13(11)17-14/h1-4,10,16H,5-9H2. The Bertz CT molecular complexity index is 534. The van der Waals surface area contributed by atoms with Crippen molar-refractivity contribution in [3.8, 4) is 0 Å². The van der Waals surface area contributed by atoms with Gasteiger partial charge in [-0.25, -0.2) is 0 Å². The topological polar surface area (TPSA) is 25.2 Å². The third-order valence-electron chi connectivity index (χ3n) is 3.44. The Kier molecular flexibility index (Phi) is 3.83. The van der Waals surface area contributed by atoms with Gasteiger partial charge in [-0.15, -0.1) is 0 Å². The fourth-order valence-electron chi connectivity index (χ4n) is 2.38. The second-order valence-electron chi connectivity index (χ2n) is 4.62. The molecule has 1 aliphatic heterocycles. The van der Waals surface area contributed by atoms with Gasteiger partial charge < -0.3 is 9.73 Å². The molecule has 0 unspecified atom stereocenters. The zero-order valence-electron chi connectivity index (χ0n) is 10.1. The van der Waals surface area contributed by atoms with Crippen LogP contribution in [-0.4, -0.2) is 17.5 Å². The quantitative estimate of drug-likeness (QED) is 0.918. The van der Waals surface area contributed by atoms with Crippen molar-refractivity contribution < 1.29 is 4.42 Å². The molecule has 2 heterocycles. The number of fused-ring (bicyclic) bond motifs is 1. The Balaban J connectivity index is 1.75. The lowest BCUT2D eigenvalue weighted by molar-refractivity contribution is 0.480. The highest BCUT2D eigenvalue weighted by atomic mass is 35.5. The van der Waals surface area contributed by atoms with E-state index in [1.807, 2.05) is 30.0 Å². The maximum Gasteiger partial charge on any atom is 0.199 e. The highest BCUT2D eigenvalue weighted by Crippen LogP contribution is 2.29. The summed E-state index contributed by atoms with van der Waals surface area (Å²) in [6.45, 7) is 0.797. The molecule has 0 bridgehead atoms. The summed E-state index contributed by atoms with van der Waals surface area (Å²) in [5.41, 5.74) is 1.96. The van der Waals surface area contributed by atoms with Gasteiger partial charge in [0.15, 0.2) is 5.22 Å². The van der Waals surface area contributed by atoms with Gasteiger partial charge in [0.25, 0.3) is 0 Å². The molecule has 1 saturated heterocycles. The minimum atomic E-state index is 0.522. The number of thioether (sulfide) groups is 1. The van der Waals surface area contributed by atoms with Crippen molar-refractivity contribution in [3.63, 3.8) is 0 Å². The Morgan fingerprint density at radius 1 is 1.28 bits per heavy atom. The molecule has 0 atom stereocenters. The van der Waals surface area contributed by atoms with E-state index < -0.39 is 0 Å². The average molecular weight is 282 g/mol. The van der Waals surface area contributed by atoms with Gasteiger partial charge in [0.05, 0.1) is 0 Å². The van der Waals surface area contributed by atoms with Crippen LogP contribution in [0.3, 0.4) is 0 Å². The highest BCUT2D eigenvalue weighted by molar-refractivity contribution is 7.99. The second kappa shape index (κ2) is 5.55. The number of nitrogens with one attached hydrogen (secondary N) is 1. The van der Waals surface area contributed by atoms with E-state index in [-0.39, 0.29) is 0 Å². The van der Waals surface area contributed by atoms with E-state index in [9.17, 15) is 0 Å². The number of para-hydroxylation sites is 1. The molecule has 1 N–H and O–H groups in total. The van der Waals surface area contributed by atoms with Gasteiger partial charge in [0.2, 0.25) is 0 Å². The molecule has 1 fully saturated rings. The molecule has 1 aromatic heterocycles. The van der Waals surface area contributed by atoms with E-state index in [0.29, 0.717) is 11.3 Å². The van der Waals surface area contributed by atoms with Gasteiger partial charge in [0, 0.05) is 23.5 Å². The molecule has 2 nitrogen and oxygen atoms in total. The van der Waals surface area contributed by atoms with Crippen LogP contribution in [-0.2, 0) is 6.54 Å². The highest BCUT2D eigenvalue weighted by Gasteiger charge is 2.16. The van der Waals surface area contributed by atoms with Crippen molar-refractivity contribution >= 4 is 34.3 Å². The molecular formula is C14H16ClNOS. The van der Waals surface area contributed by atoms with E-state index in [1.54, 1.807) is 0 Å².